The molecule has 0 aliphatic rings. The smallest absolute Gasteiger partial charge is 0.345 e. The summed E-state index contributed by atoms with van der Waals surface area (Å²) in [4.78, 5) is 22.9. The predicted octanol–water partition coefficient (Wildman–Crippen LogP) is 3.30. The molecule has 0 unspecified atom stereocenters. The lowest BCUT2D eigenvalue weighted by molar-refractivity contribution is 0.0702. The minimum atomic E-state index is -0.991. The molecule has 0 saturated carbocycles. The van der Waals surface area contributed by atoms with Crippen LogP contribution in [0.5, 0.6) is 0 Å². The van der Waals surface area contributed by atoms with Crippen molar-refractivity contribution in [1.82, 2.24) is 0 Å². The van der Waals surface area contributed by atoms with Crippen molar-refractivity contribution in [3.63, 3.8) is 0 Å². The topological polar surface area (TPSA) is 66.4 Å². The first-order valence-corrected chi connectivity index (χ1v) is 6.86. The van der Waals surface area contributed by atoms with Crippen molar-refractivity contribution in [2.45, 2.75) is 0 Å². The Morgan fingerprint density at radius 3 is 2.50 bits per heavy atom. The molecule has 0 saturated heterocycles. The first kappa shape index (κ1) is 13.0. The number of thiophene rings is 1. The molecule has 2 N–H and O–H groups in total. The van der Waals surface area contributed by atoms with Crippen LogP contribution in [0.1, 0.15) is 20.0 Å². The summed E-state index contributed by atoms with van der Waals surface area (Å²) in [5.74, 6) is -1.23. The van der Waals surface area contributed by atoms with Gasteiger partial charge in [-0.1, -0.05) is 12.1 Å². The van der Waals surface area contributed by atoms with E-state index >= 15 is 0 Å². The van der Waals surface area contributed by atoms with E-state index in [0.29, 0.717) is 10.6 Å². The van der Waals surface area contributed by atoms with Crippen LogP contribution in [0, 0.1) is 3.57 Å². The van der Waals surface area contributed by atoms with Crippen molar-refractivity contribution >= 4 is 50.8 Å². The standard InChI is InChI=1S/C12H8INO3S/c13-8-4-2-1-3-7(8)11(15)14-10-6-5-9(18-10)12(16)17/h1-6H,(H,14,15)(H,16,17). The van der Waals surface area contributed by atoms with E-state index in [1.54, 1.807) is 18.2 Å². The molecule has 0 fully saturated rings. The van der Waals surface area contributed by atoms with Gasteiger partial charge in [-0.05, 0) is 46.9 Å². The van der Waals surface area contributed by atoms with Crippen molar-refractivity contribution in [2.24, 2.45) is 0 Å². The summed E-state index contributed by atoms with van der Waals surface area (Å²) in [7, 11) is 0. The van der Waals surface area contributed by atoms with Crippen LogP contribution in [0.4, 0.5) is 5.00 Å². The fraction of sp³-hybridized carbons (Fsp3) is 0. The summed E-state index contributed by atoms with van der Waals surface area (Å²) in [5.41, 5.74) is 0.573. The van der Waals surface area contributed by atoms with E-state index < -0.39 is 5.97 Å². The van der Waals surface area contributed by atoms with Crippen molar-refractivity contribution in [1.29, 1.82) is 0 Å². The Balaban J connectivity index is 2.16. The Bertz CT molecular complexity index is 609. The number of aromatic carboxylic acids is 1. The van der Waals surface area contributed by atoms with Crippen LogP contribution in [0.3, 0.4) is 0 Å². The SMILES string of the molecule is O=C(O)c1ccc(NC(=O)c2ccccc2I)s1. The monoisotopic (exact) mass is 373 g/mol. The lowest BCUT2D eigenvalue weighted by atomic mass is 10.2. The van der Waals surface area contributed by atoms with Gasteiger partial charge < -0.3 is 10.4 Å². The number of nitrogens with one attached hydrogen (secondary N) is 1. The van der Waals surface area contributed by atoms with Gasteiger partial charge in [0.2, 0.25) is 0 Å². The zero-order chi connectivity index (χ0) is 13.1. The van der Waals surface area contributed by atoms with Gasteiger partial charge in [0.05, 0.1) is 10.6 Å². The number of carboxylic acid groups (broad SMARTS) is 1. The lowest BCUT2D eigenvalue weighted by Crippen LogP contribution is -2.12. The molecule has 2 aromatic rings. The third-order valence-electron chi connectivity index (χ3n) is 2.17. The highest BCUT2D eigenvalue weighted by Crippen LogP contribution is 2.23. The fourth-order valence-electron chi connectivity index (χ4n) is 1.34. The first-order valence-electron chi connectivity index (χ1n) is 4.97. The Labute approximate surface area is 121 Å². The summed E-state index contributed by atoms with van der Waals surface area (Å²) >= 11 is 3.12. The third-order valence-corrected chi connectivity index (χ3v) is 4.10. The van der Waals surface area contributed by atoms with Gasteiger partial charge >= 0.3 is 5.97 Å². The largest absolute Gasteiger partial charge is 0.477 e. The highest BCUT2D eigenvalue weighted by Gasteiger charge is 2.12. The second kappa shape index (κ2) is 5.49. The van der Waals surface area contributed by atoms with Crippen LogP contribution < -0.4 is 5.32 Å². The molecule has 4 nitrogen and oxygen atoms in total. The average Bonchev–Trinajstić information content (AvgIpc) is 2.78. The van der Waals surface area contributed by atoms with Crippen molar-refractivity contribution in [3.05, 3.63) is 50.4 Å². The molecule has 0 spiro atoms. The van der Waals surface area contributed by atoms with Crippen LogP contribution in [0.25, 0.3) is 0 Å². The van der Waals surface area contributed by atoms with E-state index in [0.717, 1.165) is 14.9 Å². The maximum absolute atomic E-state index is 12.0. The van der Waals surface area contributed by atoms with Crippen LogP contribution in [-0.4, -0.2) is 17.0 Å². The Morgan fingerprint density at radius 2 is 1.89 bits per heavy atom. The molecular weight excluding hydrogens is 365 g/mol. The second-order valence-electron chi connectivity index (χ2n) is 3.40. The van der Waals surface area contributed by atoms with E-state index in [9.17, 15) is 9.59 Å². The quantitative estimate of drug-likeness (QED) is 0.812. The Morgan fingerprint density at radius 1 is 1.17 bits per heavy atom. The zero-order valence-corrected chi connectivity index (χ0v) is 12.0. The van der Waals surface area contributed by atoms with E-state index in [1.807, 2.05) is 12.1 Å². The normalized spacial score (nSPS) is 10.1. The average molecular weight is 373 g/mol. The van der Waals surface area contributed by atoms with Gasteiger partial charge in [-0.2, -0.15) is 0 Å². The summed E-state index contributed by atoms with van der Waals surface area (Å²) in [6.45, 7) is 0. The van der Waals surface area contributed by atoms with Crippen LogP contribution in [-0.2, 0) is 0 Å². The molecule has 0 aliphatic carbocycles. The Kier molecular flexibility index (Phi) is 3.97. The number of rotatable bonds is 3. The van der Waals surface area contributed by atoms with E-state index in [4.69, 9.17) is 5.11 Å². The predicted molar refractivity (Wildman–Crippen MR) is 78.4 cm³/mol. The number of amides is 1. The second-order valence-corrected chi connectivity index (χ2v) is 5.65. The summed E-state index contributed by atoms with van der Waals surface area (Å²) < 4.78 is 0.850. The molecule has 18 heavy (non-hydrogen) atoms. The molecule has 2 rings (SSSR count). The van der Waals surface area contributed by atoms with Gasteiger partial charge in [0.1, 0.15) is 4.88 Å². The Hall–Kier alpha value is -1.41. The molecule has 0 bridgehead atoms. The third kappa shape index (κ3) is 2.88. The van der Waals surface area contributed by atoms with Crippen LogP contribution >= 0.6 is 33.9 Å². The molecule has 1 amide bonds. The van der Waals surface area contributed by atoms with E-state index in [2.05, 4.69) is 27.9 Å². The number of hydrogen-bond acceptors (Lipinski definition) is 3. The minimum Gasteiger partial charge on any atom is -0.477 e. The number of carboxylic acids is 1. The van der Waals surface area contributed by atoms with Gasteiger partial charge in [-0.25, -0.2) is 4.79 Å². The number of anilines is 1. The molecule has 1 aromatic heterocycles. The number of carbonyl (C=O) groups is 2. The van der Waals surface area contributed by atoms with Gasteiger partial charge in [-0.3, -0.25) is 4.79 Å². The molecular formula is C12H8INO3S. The highest BCUT2D eigenvalue weighted by atomic mass is 127. The number of benzene rings is 1. The lowest BCUT2D eigenvalue weighted by Gasteiger charge is -2.04. The summed E-state index contributed by atoms with van der Waals surface area (Å²) in [6.07, 6.45) is 0. The maximum Gasteiger partial charge on any atom is 0.345 e. The summed E-state index contributed by atoms with van der Waals surface area (Å²) in [5, 5.41) is 12.0. The van der Waals surface area contributed by atoms with Crippen LogP contribution in [0.15, 0.2) is 36.4 Å². The zero-order valence-electron chi connectivity index (χ0n) is 9.01. The highest BCUT2D eigenvalue weighted by molar-refractivity contribution is 14.1. The minimum absolute atomic E-state index is 0.202. The summed E-state index contributed by atoms with van der Waals surface area (Å²) in [6, 6.07) is 10.3. The number of hydrogen-bond donors (Lipinski definition) is 2. The van der Waals surface area contributed by atoms with E-state index in [-0.39, 0.29) is 10.8 Å². The molecule has 0 radical (unpaired) electrons. The van der Waals surface area contributed by atoms with Crippen molar-refractivity contribution in [2.75, 3.05) is 5.32 Å². The fourth-order valence-corrected chi connectivity index (χ4v) is 2.72. The van der Waals surface area contributed by atoms with Gasteiger partial charge in [0.25, 0.3) is 5.91 Å². The molecule has 0 aliphatic heterocycles. The van der Waals surface area contributed by atoms with Gasteiger partial charge in [0, 0.05) is 3.57 Å². The number of halogens is 1. The van der Waals surface area contributed by atoms with Gasteiger partial charge in [-0.15, -0.1) is 11.3 Å². The van der Waals surface area contributed by atoms with Crippen molar-refractivity contribution < 1.29 is 14.7 Å². The molecule has 1 aromatic carbocycles. The molecule has 0 atom stereocenters. The maximum atomic E-state index is 12.0. The molecule has 6 heteroatoms. The first-order chi connectivity index (χ1) is 8.58. The van der Waals surface area contributed by atoms with E-state index in [1.165, 1.54) is 6.07 Å². The van der Waals surface area contributed by atoms with Gasteiger partial charge in [0.15, 0.2) is 0 Å². The van der Waals surface area contributed by atoms with Crippen LogP contribution in [0.2, 0.25) is 0 Å². The van der Waals surface area contributed by atoms with Crippen molar-refractivity contribution in [3.8, 4) is 0 Å². The number of carbonyl (C=O) groups excluding carboxylic acids is 1. The molecule has 92 valence electrons. The molecule has 1 heterocycles.